The Morgan fingerprint density at radius 1 is 1.09 bits per heavy atom. The topological polar surface area (TPSA) is 75.4 Å². The molecule has 2 aromatic heterocycles. The second-order valence-electron chi connectivity index (χ2n) is 7.75. The highest BCUT2D eigenvalue weighted by Crippen LogP contribution is 2.24. The van der Waals surface area contributed by atoms with E-state index in [1.54, 1.807) is 31.3 Å². The Bertz CT molecular complexity index is 1360. The number of likely N-dealkylation sites (N-methyl/N-ethyl adjacent to an activating group) is 1. The first-order valence-electron chi connectivity index (χ1n) is 10.3. The van der Waals surface area contributed by atoms with Crippen molar-refractivity contribution in [2.45, 2.75) is 6.92 Å². The highest BCUT2D eigenvalue weighted by Gasteiger charge is 2.20. The Kier molecular flexibility index (Phi) is 4.89. The van der Waals surface area contributed by atoms with Crippen molar-refractivity contribution in [2.24, 2.45) is 4.99 Å². The third kappa shape index (κ3) is 3.60. The number of aryl methyl sites for hydroxylation is 1. The number of rotatable bonds is 4. The number of carbonyl (C=O) groups excluding carboxylic acids is 1. The quantitative estimate of drug-likeness (QED) is 0.536. The van der Waals surface area contributed by atoms with E-state index in [4.69, 9.17) is 0 Å². The summed E-state index contributed by atoms with van der Waals surface area (Å²) in [7, 11) is 1.98. The standard InChI is InChI=1S/C24H21FN6O/c1-15-11-21(31(29-15)20-13-17-6-4-3-5-16(17)12-19(20)25)24(32)28-22-8-7-18(14-27-22)23-26-9-10-30(23)2/h3-8,11-14H,9-10H2,1-2H3,(H,27,28,32). The summed E-state index contributed by atoms with van der Waals surface area (Å²) in [5.41, 5.74) is 1.94. The van der Waals surface area contributed by atoms with Crippen LogP contribution < -0.4 is 5.32 Å². The average Bonchev–Trinajstić information content (AvgIpc) is 3.39. The van der Waals surface area contributed by atoms with Crippen LogP contribution in [0.15, 0.2) is 65.8 Å². The summed E-state index contributed by atoms with van der Waals surface area (Å²) < 4.78 is 16.2. The summed E-state index contributed by atoms with van der Waals surface area (Å²) in [4.78, 5) is 23.9. The Morgan fingerprint density at radius 3 is 2.56 bits per heavy atom. The van der Waals surface area contributed by atoms with Crippen molar-refractivity contribution in [2.75, 3.05) is 25.5 Å². The number of carbonyl (C=O) groups is 1. The van der Waals surface area contributed by atoms with Gasteiger partial charge in [0.1, 0.15) is 28.9 Å². The van der Waals surface area contributed by atoms with Gasteiger partial charge in [0.05, 0.1) is 12.2 Å². The second-order valence-corrected chi connectivity index (χ2v) is 7.75. The van der Waals surface area contributed by atoms with Gasteiger partial charge in [0.15, 0.2) is 0 Å². The maximum Gasteiger partial charge on any atom is 0.275 e. The number of amidine groups is 1. The molecule has 3 heterocycles. The number of fused-ring (bicyclic) bond motifs is 1. The van der Waals surface area contributed by atoms with Gasteiger partial charge >= 0.3 is 0 Å². The zero-order valence-corrected chi connectivity index (χ0v) is 17.7. The van der Waals surface area contributed by atoms with E-state index in [0.29, 0.717) is 11.5 Å². The van der Waals surface area contributed by atoms with Crippen molar-refractivity contribution in [3.63, 3.8) is 0 Å². The fraction of sp³-hybridized carbons (Fsp3) is 0.167. The summed E-state index contributed by atoms with van der Waals surface area (Å²) in [6.45, 7) is 3.40. The maximum absolute atomic E-state index is 14.9. The third-order valence-electron chi connectivity index (χ3n) is 5.43. The molecule has 0 spiro atoms. The van der Waals surface area contributed by atoms with Gasteiger partial charge in [-0.15, -0.1) is 0 Å². The summed E-state index contributed by atoms with van der Waals surface area (Å²) >= 11 is 0. The van der Waals surface area contributed by atoms with Gasteiger partial charge < -0.3 is 10.2 Å². The highest BCUT2D eigenvalue weighted by molar-refractivity contribution is 6.04. The molecule has 0 saturated carbocycles. The number of anilines is 1. The van der Waals surface area contributed by atoms with Crippen LogP contribution >= 0.6 is 0 Å². The van der Waals surface area contributed by atoms with E-state index in [0.717, 1.165) is 35.3 Å². The molecular formula is C24H21FN6O. The molecule has 1 aliphatic rings. The van der Waals surface area contributed by atoms with Crippen molar-refractivity contribution < 1.29 is 9.18 Å². The van der Waals surface area contributed by atoms with E-state index in [1.807, 2.05) is 37.4 Å². The fourth-order valence-corrected chi connectivity index (χ4v) is 3.83. The number of aromatic nitrogens is 3. The minimum atomic E-state index is -0.454. The molecule has 0 saturated heterocycles. The van der Waals surface area contributed by atoms with E-state index in [2.05, 4.69) is 25.3 Å². The number of aliphatic imine (C=N–C) groups is 1. The molecule has 4 aromatic rings. The maximum atomic E-state index is 14.9. The Hall–Kier alpha value is -4.07. The average molecular weight is 428 g/mol. The molecule has 5 rings (SSSR count). The zero-order chi connectivity index (χ0) is 22.2. The summed E-state index contributed by atoms with van der Waals surface area (Å²) in [6, 6.07) is 15.8. The summed E-state index contributed by atoms with van der Waals surface area (Å²) in [5.74, 6) is 0.402. The van der Waals surface area contributed by atoms with E-state index in [9.17, 15) is 9.18 Å². The van der Waals surface area contributed by atoms with Crippen LogP contribution in [-0.2, 0) is 0 Å². The van der Waals surface area contributed by atoms with Crippen LogP contribution in [0.2, 0.25) is 0 Å². The predicted octanol–water partition coefficient (Wildman–Crippen LogP) is 3.81. The monoisotopic (exact) mass is 428 g/mol. The lowest BCUT2D eigenvalue weighted by Gasteiger charge is -2.14. The van der Waals surface area contributed by atoms with Crippen molar-refractivity contribution in [1.29, 1.82) is 0 Å². The lowest BCUT2D eigenvalue weighted by Crippen LogP contribution is -2.23. The van der Waals surface area contributed by atoms with Crippen LogP contribution in [0.1, 0.15) is 21.7 Å². The molecule has 160 valence electrons. The van der Waals surface area contributed by atoms with Crippen molar-refractivity contribution in [3.8, 4) is 5.69 Å². The molecule has 1 aliphatic heterocycles. The van der Waals surface area contributed by atoms with Crippen molar-refractivity contribution in [1.82, 2.24) is 19.7 Å². The molecule has 0 fully saturated rings. The van der Waals surface area contributed by atoms with Gasteiger partial charge in [-0.05, 0) is 48.0 Å². The zero-order valence-electron chi connectivity index (χ0n) is 17.7. The minimum absolute atomic E-state index is 0.215. The molecule has 7 nitrogen and oxygen atoms in total. The van der Waals surface area contributed by atoms with E-state index >= 15 is 0 Å². The molecule has 1 N–H and O–H groups in total. The molecule has 0 atom stereocenters. The van der Waals surface area contributed by atoms with E-state index in [1.165, 1.54) is 10.7 Å². The summed E-state index contributed by atoms with van der Waals surface area (Å²) in [5, 5.41) is 8.79. The van der Waals surface area contributed by atoms with Gasteiger partial charge in [-0.1, -0.05) is 24.3 Å². The number of hydrogen-bond acceptors (Lipinski definition) is 5. The highest BCUT2D eigenvalue weighted by atomic mass is 19.1. The van der Waals surface area contributed by atoms with Gasteiger partial charge in [-0.3, -0.25) is 9.79 Å². The van der Waals surface area contributed by atoms with Crippen LogP contribution in [0, 0.1) is 12.7 Å². The Balaban J connectivity index is 1.44. The lowest BCUT2D eigenvalue weighted by atomic mass is 10.1. The largest absolute Gasteiger partial charge is 0.358 e. The van der Waals surface area contributed by atoms with Crippen LogP contribution in [0.4, 0.5) is 10.2 Å². The first-order chi connectivity index (χ1) is 15.5. The third-order valence-corrected chi connectivity index (χ3v) is 5.43. The number of benzene rings is 2. The molecule has 32 heavy (non-hydrogen) atoms. The van der Waals surface area contributed by atoms with E-state index in [-0.39, 0.29) is 11.4 Å². The molecule has 8 heteroatoms. The van der Waals surface area contributed by atoms with Crippen LogP contribution in [0.3, 0.4) is 0 Å². The number of halogens is 1. The molecular weight excluding hydrogens is 407 g/mol. The molecule has 0 aliphatic carbocycles. The predicted molar refractivity (Wildman–Crippen MR) is 122 cm³/mol. The van der Waals surface area contributed by atoms with Crippen molar-refractivity contribution >= 4 is 28.3 Å². The van der Waals surface area contributed by atoms with Gasteiger partial charge in [-0.2, -0.15) is 5.10 Å². The van der Waals surface area contributed by atoms with Crippen LogP contribution in [0.25, 0.3) is 16.5 Å². The lowest BCUT2D eigenvalue weighted by molar-refractivity contribution is 0.101. The Labute approximate surface area is 184 Å². The first kappa shape index (κ1) is 19.9. The molecule has 0 radical (unpaired) electrons. The number of hydrogen-bond donors (Lipinski definition) is 1. The van der Waals surface area contributed by atoms with Crippen LogP contribution in [-0.4, -0.2) is 51.5 Å². The smallest absolute Gasteiger partial charge is 0.275 e. The number of amides is 1. The number of pyridine rings is 1. The number of nitrogens with one attached hydrogen (secondary N) is 1. The number of nitrogens with zero attached hydrogens (tertiary/aromatic N) is 5. The summed E-state index contributed by atoms with van der Waals surface area (Å²) in [6.07, 6.45) is 1.68. The first-order valence-corrected chi connectivity index (χ1v) is 10.3. The SMILES string of the molecule is Cc1cc(C(=O)Nc2ccc(C3=NCCN3C)cn2)n(-c2cc3ccccc3cc2F)n1. The minimum Gasteiger partial charge on any atom is -0.358 e. The normalized spacial score (nSPS) is 13.5. The van der Waals surface area contributed by atoms with Crippen LogP contribution in [0.5, 0.6) is 0 Å². The van der Waals surface area contributed by atoms with Crippen molar-refractivity contribution in [3.05, 3.63) is 83.6 Å². The molecule has 1 amide bonds. The molecule has 0 bridgehead atoms. The van der Waals surface area contributed by atoms with Gasteiger partial charge in [0.25, 0.3) is 5.91 Å². The Morgan fingerprint density at radius 2 is 1.88 bits per heavy atom. The molecule has 0 unspecified atom stereocenters. The second kappa shape index (κ2) is 7.88. The van der Waals surface area contributed by atoms with Gasteiger partial charge in [0.2, 0.25) is 0 Å². The molecule has 2 aromatic carbocycles. The van der Waals surface area contributed by atoms with Gasteiger partial charge in [-0.25, -0.2) is 14.1 Å². The fourth-order valence-electron chi connectivity index (χ4n) is 3.83. The van der Waals surface area contributed by atoms with Gasteiger partial charge in [0, 0.05) is 25.4 Å². The van der Waals surface area contributed by atoms with E-state index < -0.39 is 11.7 Å².